The molecule has 0 N–H and O–H groups in total. The van der Waals surface area contributed by atoms with Crippen molar-refractivity contribution in [1.29, 1.82) is 10.5 Å². The molecule has 0 bridgehead atoms. The minimum atomic E-state index is 0.504. The largest absolute Gasteiger partial charge is 0.378 e. The van der Waals surface area contributed by atoms with Gasteiger partial charge >= 0.3 is 0 Å². The maximum Gasteiger partial charge on any atom is 0.0998 e. The molecular weight excluding hydrogens is 392 g/mol. The summed E-state index contributed by atoms with van der Waals surface area (Å²) < 4.78 is 2.26. The molecule has 0 aliphatic rings. The predicted octanol–water partition coefficient (Wildman–Crippen LogP) is 6.26. The zero-order valence-electron chi connectivity index (χ0n) is 17.9. The normalized spacial score (nSPS) is 10.8. The average Bonchev–Trinajstić information content (AvgIpc) is 3.16. The Hall–Kier alpha value is -4.54. The third-order valence-corrected chi connectivity index (χ3v) is 5.87. The van der Waals surface area contributed by atoms with E-state index in [1.807, 2.05) is 38.4 Å². The van der Waals surface area contributed by atoms with Crippen LogP contribution in [0.25, 0.3) is 38.6 Å². The van der Waals surface area contributed by atoms with Crippen molar-refractivity contribution in [3.8, 4) is 29.0 Å². The van der Waals surface area contributed by atoms with Crippen molar-refractivity contribution in [2.24, 2.45) is 0 Å². The number of fused-ring (bicyclic) bond motifs is 3. The molecule has 1 heterocycles. The van der Waals surface area contributed by atoms with Crippen LogP contribution in [0.15, 0.2) is 84.9 Å². The smallest absolute Gasteiger partial charge is 0.0998 e. The lowest BCUT2D eigenvalue weighted by molar-refractivity contribution is 1.13. The zero-order chi connectivity index (χ0) is 22.2. The van der Waals surface area contributed by atoms with E-state index in [1.165, 1.54) is 0 Å². The summed E-state index contributed by atoms with van der Waals surface area (Å²) in [5.74, 6) is 0. The fraction of sp³-hybridized carbons (Fsp3) is 0.0714. The Morgan fingerprint density at radius 1 is 0.688 bits per heavy atom. The molecule has 0 spiro atoms. The molecule has 0 aliphatic heterocycles. The second kappa shape index (κ2) is 7.61. The van der Waals surface area contributed by atoms with Gasteiger partial charge in [-0.05, 0) is 60.2 Å². The van der Waals surface area contributed by atoms with Gasteiger partial charge in [0.05, 0.1) is 34.3 Å². The van der Waals surface area contributed by atoms with Gasteiger partial charge in [-0.3, -0.25) is 0 Å². The lowest BCUT2D eigenvalue weighted by Gasteiger charge is -2.13. The van der Waals surface area contributed by atoms with E-state index in [4.69, 9.17) is 0 Å². The minimum absolute atomic E-state index is 0.504. The molecule has 0 aliphatic carbocycles. The summed E-state index contributed by atoms with van der Waals surface area (Å²) in [6.45, 7) is 0. The Balaban J connectivity index is 1.88. The van der Waals surface area contributed by atoms with Crippen LogP contribution < -0.4 is 4.90 Å². The summed E-state index contributed by atoms with van der Waals surface area (Å²) in [5.41, 5.74) is 6.96. The fourth-order valence-electron chi connectivity index (χ4n) is 4.35. The van der Waals surface area contributed by atoms with Gasteiger partial charge in [0.15, 0.2) is 0 Å². The van der Waals surface area contributed by atoms with Gasteiger partial charge < -0.3 is 9.47 Å². The van der Waals surface area contributed by atoms with Gasteiger partial charge in [-0.1, -0.05) is 30.3 Å². The Morgan fingerprint density at radius 3 is 1.94 bits per heavy atom. The number of para-hydroxylation sites is 1. The molecule has 0 unspecified atom stereocenters. The molecule has 5 rings (SSSR count). The molecule has 0 saturated carbocycles. The summed E-state index contributed by atoms with van der Waals surface area (Å²) in [6, 6.07) is 32.7. The molecule has 4 nitrogen and oxygen atoms in total. The van der Waals surface area contributed by atoms with Crippen LogP contribution in [-0.2, 0) is 0 Å². The first-order chi connectivity index (χ1) is 15.6. The quantitative estimate of drug-likeness (QED) is 0.351. The van der Waals surface area contributed by atoms with Gasteiger partial charge in [-0.25, -0.2) is 0 Å². The third kappa shape index (κ3) is 2.98. The topological polar surface area (TPSA) is 55.8 Å². The monoisotopic (exact) mass is 412 g/mol. The second-order valence-corrected chi connectivity index (χ2v) is 7.95. The highest BCUT2D eigenvalue weighted by atomic mass is 15.1. The van der Waals surface area contributed by atoms with Gasteiger partial charge in [0.25, 0.3) is 0 Å². The molecule has 0 saturated heterocycles. The Bertz CT molecular complexity index is 1530. The van der Waals surface area contributed by atoms with E-state index in [0.717, 1.165) is 38.7 Å². The first-order valence-corrected chi connectivity index (χ1v) is 10.4. The van der Waals surface area contributed by atoms with Crippen LogP contribution in [0.2, 0.25) is 0 Å². The summed E-state index contributed by atoms with van der Waals surface area (Å²) >= 11 is 0. The molecule has 5 aromatic rings. The summed E-state index contributed by atoms with van der Waals surface area (Å²) in [7, 11) is 4.07. The van der Waals surface area contributed by atoms with Crippen molar-refractivity contribution < 1.29 is 0 Å². The van der Waals surface area contributed by atoms with E-state index in [-0.39, 0.29) is 0 Å². The standard InChI is InChI=1S/C28H20N4/c1-31(2)23-12-14-27-25(16-23)24-15-19(28-20(17-29)7-6-8-21(28)18-30)11-13-26(24)32(27)22-9-4-3-5-10-22/h3-16H,1-2H3. The lowest BCUT2D eigenvalue weighted by Crippen LogP contribution is -2.08. The number of anilines is 1. The van der Waals surface area contributed by atoms with Crippen molar-refractivity contribution in [3.05, 3.63) is 96.1 Å². The van der Waals surface area contributed by atoms with Crippen LogP contribution in [0.5, 0.6) is 0 Å². The summed E-state index contributed by atoms with van der Waals surface area (Å²) in [5, 5.41) is 21.5. The Labute approximate surface area is 186 Å². The van der Waals surface area contributed by atoms with Crippen molar-refractivity contribution in [3.63, 3.8) is 0 Å². The molecule has 4 heteroatoms. The van der Waals surface area contributed by atoms with E-state index in [0.29, 0.717) is 16.7 Å². The molecule has 32 heavy (non-hydrogen) atoms. The highest BCUT2D eigenvalue weighted by molar-refractivity contribution is 6.11. The van der Waals surface area contributed by atoms with E-state index in [2.05, 4.69) is 64.1 Å². The zero-order valence-corrected chi connectivity index (χ0v) is 17.9. The van der Waals surface area contributed by atoms with Gasteiger partial charge in [-0.15, -0.1) is 0 Å². The van der Waals surface area contributed by atoms with Crippen LogP contribution in [0.3, 0.4) is 0 Å². The molecule has 0 amide bonds. The maximum absolute atomic E-state index is 9.67. The van der Waals surface area contributed by atoms with E-state index < -0.39 is 0 Å². The second-order valence-electron chi connectivity index (χ2n) is 7.95. The number of nitriles is 2. The van der Waals surface area contributed by atoms with Crippen molar-refractivity contribution in [2.75, 3.05) is 19.0 Å². The average molecular weight is 412 g/mol. The first kappa shape index (κ1) is 19.4. The van der Waals surface area contributed by atoms with Crippen LogP contribution in [-0.4, -0.2) is 18.7 Å². The Morgan fingerprint density at radius 2 is 1.31 bits per heavy atom. The van der Waals surface area contributed by atoms with E-state index in [1.54, 1.807) is 18.2 Å². The van der Waals surface area contributed by atoms with Crippen LogP contribution >= 0.6 is 0 Å². The van der Waals surface area contributed by atoms with Gasteiger partial charge in [0.2, 0.25) is 0 Å². The number of rotatable bonds is 3. The van der Waals surface area contributed by atoms with Crippen molar-refractivity contribution >= 4 is 27.5 Å². The van der Waals surface area contributed by atoms with Crippen LogP contribution in [0.4, 0.5) is 5.69 Å². The minimum Gasteiger partial charge on any atom is -0.378 e. The predicted molar refractivity (Wildman–Crippen MR) is 130 cm³/mol. The highest BCUT2D eigenvalue weighted by Crippen LogP contribution is 2.37. The SMILES string of the molecule is CN(C)c1ccc2c(c1)c1cc(-c3c(C#N)cccc3C#N)ccc1n2-c1ccccc1. The number of aromatic nitrogens is 1. The van der Waals surface area contributed by atoms with Gasteiger partial charge in [-0.2, -0.15) is 10.5 Å². The molecule has 152 valence electrons. The molecule has 0 fully saturated rings. The molecule has 1 aromatic heterocycles. The molecule has 0 atom stereocenters. The number of benzene rings is 4. The molecular formula is C28H20N4. The number of nitrogens with zero attached hydrogens (tertiary/aromatic N) is 4. The first-order valence-electron chi connectivity index (χ1n) is 10.4. The van der Waals surface area contributed by atoms with Gasteiger partial charge in [0.1, 0.15) is 0 Å². The molecule has 4 aromatic carbocycles. The van der Waals surface area contributed by atoms with Crippen LogP contribution in [0.1, 0.15) is 11.1 Å². The Kier molecular flexibility index (Phi) is 4.62. The van der Waals surface area contributed by atoms with E-state index in [9.17, 15) is 10.5 Å². The molecule has 0 radical (unpaired) electrons. The van der Waals surface area contributed by atoms with Crippen molar-refractivity contribution in [2.45, 2.75) is 0 Å². The number of hydrogen-bond donors (Lipinski definition) is 0. The van der Waals surface area contributed by atoms with Gasteiger partial charge in [0, 0.05) is 41.8 Å². The van der Waals surface area contributed by atoms with Crippen molar-refractivity contribution in [1.82, 2.24) is 4.57 Å². The summed E-state index contributed by atoms with van der Waals surface area (Å²) in [4.78, 5) is 2.09. The van der Waals surface area contributed by atoms with Crippen LogP contribution in [0, 0.1) is 22.7 Å². The third-order valence-electron chi connectivity index (χ3n) is 5.87. The summed E-state index contributed by atoms with van der Waals surface area (Å²) in [6.07, 6.45) is 0. The highest BCUT2D eigenvalue weighted by Gasteiger charge is 2.16. The van der Waals surface area contributed by atoms with E-state index >= 15 is 0 Å². The lowest BCUT2D eigenvalue weighted by atomic mass is 9.94. The number of hydrogen-bond acceptors (Lipinski definition) is 3. The fourth-order valence-corrected chi connectivity index (χ4v) is 4.35. The maximum atomic E-state index is 9.67.